The molecule has 70 valence electrons. The van der Waals surface area contributed by atoms with Crippen molar-refractivity contribution in [1.29, 1.82) is 0 Å². The molecule has 0 bridgehead atoms. The normalized spacial score (nSPS) is 11.2. The van der Waals surface area contributed by atoms with Gasteiger partial charge < -0.3 is 4.98 Å². The Kier molecular flexibility index (Phi) is 1.52. The minimum Gasteiger partial charge on any atom is -0.344 e. The average molecular weight is 203 g/mol. The summed E-state index contributed by atoms with van der Waals surface area (Å²) >= 11 is 1.74. The van der Waals surface area contributed by atoms with Crippen LogP contribution < -0.4 is 0 Å². The highest BCUT2D eigenvalue weighted by Crippen LogP contribution is 2.30. The lowest BCUT2D eigenvalue weighted by Gasteiger charge is -1.92. The van der Waals surface area contributed by atoms with Crippen LogP contribution in [0.5, 0.6) is 0 Å². The third-order valence-corrected chi connectivity index (χ3v) is 3.18. The zero-order valence-electron chi connectivity index (χ0n) is 7.69. The molecule has 0 amide bonds. The first-order valence-corrected chi connectivity index (χ1v) is 5.30. The Balaban J connectivity index is 2.38. The molecule has 3 aromatic rings. The number of aryl methyl sites for hydroxylation is 1. The van der Waals surface area contributed by atoms with Gasteiger partial charge in [-0.3, -0.25) is 0 Å². The third-order valence-electron chi connectivity index (χ3n) is 2.29. The highest BCUT2D eigenvalue weighted by molar-refractivity contribution is 7.13. The van der Waals surface area contributed by atoms with Crippen LogP contribution in [0.15, 0.2) is 29.9 Å². The number of thiophene rings is 1. The van der Waals surface area contributed by atoms with Gasteiger partial charge in [-0.2, -0.15) is 5.10 Å². The summed E-state index contributed by atoms with van der Waals surface area (Å²) in [5.74, 6) is 0. The van der Waals surface area contributed by atoms with E-state index in [1.807, 2.05) is 23.8 Å². The maximum absolute atomic E-state index is 4.42. The molecule has 0 aliphatic carbocycles. The second-order valence-corrected chi connectivity index (χ2v) is 4.14. The summed E-state index contributed by atoms with van der Waals surface area (Å²) in [6.07, 6.45) is 3.83. The minimum absolute atomic E-state index is 1.07. The lowest BCUT2D eigenvalue weighted by atomic mass is 10.2. The number of nitrogens with zero attached hydrogens (tertiary/aromatic N) is 2. The molecular weight excluding hydrogens is 194 g/mol. The molecule has 0 unspecified atom stereocenters. The van der Waals surface area contributed by atoms with Gasteiger partial charge in [0.2, 0.25) is 0 Å². The van der Waals surface area contributed by atoms with Crippen LogP contribution in [-0.2, 0) is 0 Å². The number of aromatic amines is 1. The van der Waals surface area contributed by atoms with Gasteiger partial charge in [-0.25, -0.2) is 4.52 Å². The van der Waals surface area contributed by atoms with E-state index < -0.39 is 0 Å². The quantitative estimate of drug-likeness (QED) is 0.648. The van der Waals surface area contributed by atoms with Crippen molar-refractivity contribution >= 4 is 17.0 Å². The molecule has 3 rings (SSSR count). The zero-order chi connectivity index (χ0) is 9.54. The SMILES string of the molecule is Cc1nn2cc[nH]c2c1-c1cccs1. The second-order valence-electron chi connectivity index (χ2n) is 3.19. The van der Waals surface area contributed by atoms with Gasteiger partial charge in [0.1, 0.15) is 5.65 Å². The summed E-state index contributed by atoms with van der Waals surface area (Å²) in [5, 5.41) is 6.51. The number of aromatic nitrogens is 3. The third kappa shape index (κ3) is 0.943. The number of H-pyrrole nitrogens is 1. The van der Waals surface area contributed by atoms with Crippen LogP contribution in [0.3, 0.4) is 0 Å². The molecule has 3 nitrogen and oxygen atoms in total. The van der Waals surface area contributed by atoms with Gasteiger partial charge in [0, 0.05) is 17.3 Å². The lowest BCUT2D eigenvalue weighted by molar-refractivity contribution is 0.945. The number of hydrogen-bond donors (Lipinski definition) is 1. The fourth-order valence-corrected chi connectivity index (χ4v) is 2.52. The van der Waals surface area contributed by atoms with Gasteiger partial charge in [0.25, 0.3) is 0 Å². The lowest BCUT2D eigenvalue weighted by Crippen LogP contribution is -1.78. The van der Waals surface area contributed by atoms with E-state index in [9.17, 15) is 0 Å². The predicted molar refractivity (Wildman–Crippen MR) is 57.6 cm³/mol. The molecular formula is C10H9N3S. The largest absolute Gasteiger partial charge is 0.344 e. The zero-order valence-corrected chi connectivity index (χ0v) is 8.51. The summed E-state index contributed by atoms with van der Waals surface area (Å²) in [6, 6.07) is 4.18. The summed E-state index contributed by atoms with van der Waals surface area (Å²) < 4.78 is 1.88. The molecule has 1 N–H and O–H groups in total. The van der Waals surface area contributed by atoms with Crippen molar-refractivity contribution < 1.29 is 0 Å². The van der Waals surface area contributed by atoms with Crippen molar-refractivity contribution in [3.8, 4) is 10.4 Å². The smallest absolute Gasteiger partial charge is 0.142 e. The van der Waals surface area contributed by atoms with E-state index >= 15 is 0 Å². The van der Waals surface area contributed by atoms with E-state index in [0.717, 1.165) is 11.3 Å². The summed E-state index contributed by atoms with van der Waals surface area (Å²) in [6.45, 7) is 2.04. The Labute approximate surface area is 85.0 Å². The topological polar surface area (TPSA) is 33.1 Å². The van der Waals surface area contributed by atoms with Crippen molar-refractivity contribution in [1.82, 2.24) is 14.6 Å². The Morgan fingerprint density at radius 2 is 2.43 bits per heavy atom. The molecule has 0 aromatic carbocycles. The summed E-state index contributed by atoms with van der Waals surface area (Å²) in [4.78, 5) is 4.47. The molecule has 14 heavy (non-hydrogen) atoms. The van der Waals surface area contributed by atoms with Crippen LogP contribution in [-0.4, -0.2) is 14.6 Å². The van der Waals surface area contributed by atoms with Gasteiger partial charge >= 0.3 is 0 Å². The van der Waals surface area contributed by atoms with Crippen LogP contribution >= 0.6 is 11.3 Å². The number of fused-ring (bicyclic) bond motifs is 1. The first-order valence-electron chi connectivity index (χ1n) is 4.42. The molecule has 3 heterocycles. The predicted octanol–water partition coefficient (Wildman–Crippen LogP) is 2.70. The van der Waals surface area contributed by atoms with Crippen molar-refractivity contribution in [2.24, 2.45) is 0 Å². The maximum Gasteiger partial charge on any atom is 0.142 e. The van der Waals surface area contributed by atoms with E-state index in [-0.39, 0.29) is 0 Å². The number of imidazole rings is 1. The maximum atomic E-state index is 4.42. The van der Waals surface area contributed by atoms with Crippen molar-refractivity contribution in [3.05, 3.63) is 35.6 Å². The Morgan fingerprint density at radius 3 is 3.21 bits per heavy atom. The summed E-state index contributed by atoms with van der Waals surface area (Å²) in [7, 11) is 0. The number of rotatable bonds is 1. The standard InChI is InChI=1S/C10H9N3S/c1-7-9(8-3-2-6-14-8)10-11-4-5-13(10)12-7/h2-6,11H,1H3. The molecule has 4 heteroatoms. The molecule has 0 aliphatic heterocycles. The first kappa shape index (κ1) is 7.82. The Morgan fingerprint density at radius 1 is 1.50 bits per heavy atom. The van der Waals surface area contributed by atoms with E-state index in [1.54, 1.807) is 11.3 Å². The van der Waals surface area contributed by atoms with Crippen molar-refractivity contribution in [3.63, 3.8) is 0 Å². The van der Waals surface area contributed by atoms with Gasteiger partial charge in [-0.15, -0.1) is 11.3 Å². The van der Waals surface area contributed by atoms with Gasteiger partial charge in [0.15, 0.2) is 0 Å². The van der Waals surface area contributed by atoms with Crippen LogP contribution in [0.1, 0.15) is 5.69 Å². The monoisotopic (exact) mass is 203 g/mol. The number of hydrogen-bond acceptors (Lipinski definition) is 2. The second kappa shape index (κ2) is 2.72. The molecule has 0 saturated heterocycles. The molecule has 0 aliphatic rings. The molecule has 0 radical (unpaired) electrons. The molecule has 0 atom stereocenters. The van der Waals surface area contributed by atoms with Gasteiger partial charge in [0.05, 0.1) is 11.3 Å². The molecule has 0 fully saturated rings. The average Bonchev–Trinajstić information content (AvgIpc) is 2.78. The number of nitrogens with one attached hydrogen (secondary N) is 1. The minimum atomic E-state index is 1.07. The van der Waals surface area contributed by atoms with E-state index in [0.29, 0.717) is 0 Å². The van der Waals surface area contributed by atoms with Crippen molar-refractivity contribution in [2.45, 2.75) is 6.92 Å². The summed E-state index contributed by atoms with van der Waals surface area (Å²) in [5.41, 5.74) is 3.36. The van der Waals surface area contributed by atoms with Crippen LogP contribution in [0, 0.1) is 6.92 Å². The van der Waals surface area contributed by atoms with Crippen molar-refractivity contribution in [2.75, 3.05) is 0 Å². The highest BCUT2D eigenvalue weighted by Gasteiger charge is 2.12. The first-order chi connectivity index (χ1) is 6.86. The molecule has 3 aromatic heterocycles. The molecule has 0 saturated carbocycles. The Bertz CT molecular complexity index is 559. The van der Waals surface area contributed by atoms with Crippen LogP contribution in [0.25, 0.3) is 16.1 Å². The van der Waals surface area contributed by atoms with Gasteiger partial charge in [-0.1, -0.05) is 6.07 Å². The van der Waals surface area contributed by atoms with Crippen LogP contribution in [0.4, 0.5) is 0 Å². The Hall–Kier alpha value is -1.55. The van der Waals surface area contributed by atoms with E-state index in [1.165, 1.54) is 10.4 Å². The fraction of sp³-hybridized carbons (Fsp3) is 0.100. The highest BCUT2D eigenvalue weighted by atomic mass is 32.1. The van der Waals surface area contributed by atoms with E-state index in [4.69, 9.17) is 0 Å². The van der Waals surface area contributed by atoms with E-state index in [2.05, 4.69) is 27.6 Å². The fourth-order valence-electron chi connectivity index (χ4n) is 1.70. The molecule has 0 spiro atoms. The van der Waals surface area contributed by atoms with Gasteiger partial charge in [-0.05, 0) is 18.4 Å². The van der Waals surface area contributed by atoms with Crippen LogP contribution in [0.2, 0.25) is 0 Å².